The summed E-state index contributed by atoms with van der Waals surface area (Å²) in [6.07, 6.45) is 5.36. The van der Waals surface area contributed by atoms with Gasteiger partial charge in [0.1, 0.15) is 0 Å². The number of carbonyl (C=O) groups excluding carboxylic acids is 1. The second kappa shape index (κ2) is 5.86. The highest BCUT2D eigenvalue weighted by Gasteiger charge is 2.18. The highest BCUT2D eigenvalue weighted by atomic mass is 16.5. The standard InChI is InChI=1S/C10H20N2O2/c1-14-10(13)12-7-6-8-2-4-9(11)5-3-8/h8-9H,2-7,11H2,1H3,(H,12,13). The summed E-state index contributed by atoms with van der Waals surface area (Å²) in [4.78, 5) is 10.8. The molecule has 1 saturated carbocycles. The van der Waals surface area contributed by atoms with Crippen molar-refractivity contribution in [2.45, 2.75) is 38.1 Å². The summed E-state index contributed by atoms with van der Waals surface area (Å²) < 4.78 is 4.49. The molecular weight excluding hydrogens is 180 g/mol. The molecule has 0 bridgehead atoms. The van der Waals surface area contributed by atoms with E-state index >= 15 is 0 Å². The lowest BCUT2D eigenvalue weighted by Gasteiger charge is -2.25. The van der Waals surface area contributed by atoms with Crippen molar-refractivity contribution in [3.8, 4) is 0 Å². The van der Waals surface area contributed by atoms with Gasteiger partial charge in [0.15, 0.2) is 0 Å². The Morgan fingerprint density at radius 2 is 2.07 bits per heavy atom. The molecule has 1 fully saturated rings. The lowest BCUT2D eigenvalue weighted by atomic mass is 9.84. The number of alkyl carbamates (subject to hydrolysis) is 1. The molecule has 4 nitrogen and oxygen atoms in total. The Kier molecular flexibility index (Phi) is 4.73. The molecule has 4 heteroatoms. The van der Waals surface area contributed by atoms with Crippen molar-refractivity contribution in [1.29, 1.82) is 0 Å². The van der Waals surface area contributed by atoms with Crippen LogP contribution in [-0.4, -0.2) is 25.8 Å². The van der Waals surface area contributed by atoms with Crippen molar-refractivity contribution in [3.05, 3.63) is 0 Å². The maximum atomic E-state index is 10.8. The van der Waals surface area contributed by atoms with Crippen LogP contribution >= 0.6 is 0 Å². The Labute approximate surface area is 85.2 Å². The first-order valence-electron chi connectivity index (χ1n) is 5.29. The van der Waals surface area contributed by atoms with E-state index in [-0.39, 0.29) is 6.09 Å². The predicted molar refractivity (Wildman–Crippen MR) is 55.0 cm³/mol. The zero-order valence-electron chi connectivity index (χ0n) is 8.79. The molecule has 0 saturated heterocycles. The smallest absolute Gasteiger partial charge is 0.406 e. The highest BCUT2D eigenvalue weighted by molar-refractivity contribution is 5.66. The fourth-order valence-corrected chi connectivity index (χ4v) is 1.93. The molecule has 1 rings (SSSR count). The third-order valence-electron chi connectivity index (χ3n) is 2.90. The largest absolute Gasteiger partial charge is 0.453 e. The van der Waals surface area contributed by atoms with Crippen LogP contribution in [0.5, 0.6) is 0 Å². The van der Waals surface area contributed by atoms with Gasteiger partial charge in [0, 0.05) is 12.6 Å². The van der Waals surface area contributed by atoms with Gasteiger partial charge in [-0.1, -0.05) is 0 Å². The SMILES string of the molecule is COC(=O)NCCC1CCC(N)CC1. The first-order chi connectivity index (χ1) is 6.72. The Bertz CT molecular complexity index is 177. The van der Waals surface area contributed by atoms with E-state index in [2.05, 4.69) is 10.1 Å². The lowest BCUT2D eigenvalue weighted by Crippen LogP contribution is -2.29. The van der Waals surface area contributed by atoms with E-state index < -0.39 is 0 Å². The highest BCUT2D eigenvalue weighted by Crippen LogP contribution is 2.25. The number of nitrogens with two attached hydrogens (primary N) is 1. The van der Waals surface area contributed by atoms with E-state index in [1.165, 1.54) is 20.0 Å². The van der Waals surface area contributed by atoms with Crippen LogP contribution in [0.25, 0.3) is 0 Å². The molecule has 3 N–H and O–H groups in total. The van der Waals surface area contributed by atoms with Crippen molar-refractivity contribution in [1.82, 2.24) is 5.32 Å². The number of carbonyl (C=O) groups is 1. The van der Waals surface area contributed by atoms with Gasteiger partial charge in [-0.25, -0.2) is 4.79 Å². The summed E-state index contributed by atoms with van der Waals surface area (Å²) >= 11 is 0. The monoisotopic (exact) mass is 200 g/mol. The normalized spacial score (nSPS) is 27.0. The van der Waals surface area contributed by atoms with Crippen LogP contribution in [0.2, 0.25) is 0 Å². The Hall–Kier alpha value is -0.770. The maximum absolute atomic E-state index is 10.8. The van der Waals surface area contributed by atoms with Gasteiger partial charge in [0.2, 0.25) is 0 Å². The number of nitrogens with one attached hydrogen (secondary N) is 1. The second-order valence-electron chi connectivity index (χ2n) is 3.99. The molecule has 14 heavy (non-hydrogen) atoms. The topological polar surface area (TPSA) is 64.3 Å². The van der Waals surface area contributed by atoms with E-state index in [0.717, 1.165) is 25.2 Å². The van der Waals surface area contributed by atoms with E-state index in [1.54, 1.807) is 0 Å². The quantitative estimate of drug-likeness (QED) is 0.720. The lowest BCUT2D eigenvalue weighted by molar-refractivity contribution is 0.169. The zero-order chi connectivity index (χ0) is 10.4. The fraction of sp³-hybridized carbons (Fsp3) is 0.900. The third-order valence-corrected chi connectivity index (χ3v) is 2.90. The molecule has 1 aliphatic rings. The van der Waals surface area contributed by atoms with Crippen molar-refractivity contribution in [2.75, 3.05) is 13.7 Å². The minimum Gasteiger partial charge on any atom is -0.453 e. The maximum Gasteiger partial charge on any atom is 0.406 e. The van der Waals surface area contributed by atoms with Crippen LogP contribution in [0.15, 0.2) is 0 Å². The molecule has 82 valence electrons. The van der Waals surface area contributed by atoms with Crippen LogP contribution < -0.4 is 11.1 Å². The first-order valence-corrected chi connectivity index (χ1v) is 5.29. The molecule has 1 amide bonds. The molecule has 0 heterocycles. The number of hydrogen-bond donors (Lipinski definition) is 2. The first kappa shape index (κ1) is 11.3. The number of hydrogen-bond acceptors (Lipinski definition) is 3. The summed E-state index contributed by atoms with van der Waals surface area (Å²) in [5, 5.41) is 2.70. The molecule has 0 aromatic heterocycles. The van der Waals surface area contributed by atoms with Crippen LogP contribution in [-0.2, 0) is 4.74 Å². The molecule has 0 spiro atoms. The van der Waals surface area contributed by atoms with Gasteiger partial charge in [-0.05, 0) is 38.0 Å². The van der Waals surface area contributed by atoms with Gasteiger partial charge in [0.05, 0.1) is 7.11 Å². The molecule has 0 unspecified atom stereocenters. The van der Waals surface area contributed by atoms with Gasteiger partial charge in [-0.15, -0.1) is 0 Å². The predicted octanol–water partition coefficient (Wildman–Crippen LogP) is 1.25. The van der Waals surface area contributed by atoms with E-state index in [0.29, 0.717) is 12.6 Å². The van der Waals surface area contributed by atoms with E-state index in [1.807, 2.05) is 0 Å². The van der Waals surface area contributed by atoms with E-state index in [9.17, 15) is 4.79 Å². The summed E-state index contributed by atoms with van der Waals surface area (Å²) in [6.45, 7) is 0.715. The Morgan fingerprint density at radius 1 is 1.43 bits per heavy atom. The molecule has 0 aliphatic heterocycles. The van der Waals surface area contributed by atoms with Crippen LogP contribution in [0, 0.1) is 5.92 Å². The van der Waals surface area contributed by atoms with Gasteiger partial charge < -0.3 is 15.8 Å². The molecule has 0 radical (unpaired) electrons. The van der Waals surface area contributed by atoms with E-state index in [4.69, 9.17) is 5.73 Å². The molecule has 0 aromatic carbocycles. The average molecular weight is 200 g/mol. The van der Waals surface area contributed by atoms with Crippen molar-refractivity contribution in [3.63, 3.8) is 0 Å². The average Bonchev–Trinajstić information content (AvgIpc) is 2.21. The number of methoxy groups -OCH3 is 1. The van der Waals surface area contributed by atoms with Crippen molar-refractivity contribution in [2.24, 2.45) is 11.7 Å². The van der Waals surface area contributed by atoms with Gasteiger partial charge in [-0.3, -0.25) is 0 Å². The molecule has 0 atom stereocenters. The molecular formula is C10H20N2O2. The van der Waals surface area contributed by atoms with Crippen molar-refractivity contribution < 1.29 is 9.53 Å². The van der Waals surface area contributed by atoms with Gasteiger partial charge >= 0.3 is 6.09 Å². The van der Waals surface area contributed by atoms with Gasteiger partial charge in [-0.2, -0.15) is 0 Å². The molecule has 1 aliphatic carbocycles. The minimum absolute atomic E-state index is 0.336. The fourth-order valence-electron chi connectivity index (χ4n) is 1.93. The van der Waals surface area contributed by atoms with Crippen LogP contribution in [0.3, 0.4) is 0 Å². The Morgan fingerprint density at radius 3 is 2.64 bits per heavy atom. The number of amides is 1. The third kappa shape index (κ3) is 3.96. The zero-order valence-corrected chi connectivity index (χ0v) is 8.79. The second-order valence-corrected chi connectivity index (χ2v) is 3.99. The number of rotatable bonds is 3. The molecule has 0 aromatic rings. The summed E-state index contributed by atoms with van der Waals surface area (Å²) in [5.41, 5.74) is 5.81. The summed E-state index contributed by atoms with van der Waals surface area (Å²) in [6, 6.07) is 0.403. The summed E-state index contributed by atoms with van der Waals surface area (Å²) in [7, 11) is 1.38. The Balaban J connectivity index is 2.04. The number of ether oxygens (including phenoxy) is 1. The van der Waals surface area contributed by atoms with Crippen molar-refractivity contribution >= 4 is 6.09 Å². The van der Waals surface area contributed by atoms with Crippen LogP contribution in [0.1, 0.15) is 32.1 Å². The van der Waals surface area contributed by atoms with Crippen LogP contribution in [0.4, 0.5) is 4.79 Å². The summed E-state index contributed by atoms with van der Waals surface area (Å²) in [5.74, 6) is 0.729. The van der Waals surface area contributed by atoms with Gasteiger partial charge in [0.25, 0.3) is 0 Å². The minimum atomic E-state index is -0.336.